The number of rotatable bonds is 5. The van der Waals surface area contributed by atoms with Crippen LogP contribution in [0.1, 0.15) is 34.0 Å². The Morgan fingerprint density at radius 1 is 1.21 bits per heavy atom. The van der Waals surface area contributed by atoms with Gasteiger partial charge in [0.05, 0.1) is 24.8 Å². The summed E-state index contributed by atoms with van der Waals surface area (Å²) in [5.74, 6) is 1.67. The molecular weight excluding hydrogens is 304 g/mol. The van der Waals surface area contributed by atoms with Gasteiger partial charge in [0.15, 0.2) is 5.82 Å². The quantitative estimate of drug-likeness (QED) is 0.770. The van der Waals surface area contributed by atoms with Gasteiger partial charge in [-0.1, -0.05) is 30.3 Å². The van der Waals surface area contributed by atoms with E-state index in [0.717, 1.165) is 36.6 Å². The van der Waals surface area contributed by atoms with Crippen LogP contribution in [-0.2, 0) is 26.1 Å². The number of nitrogens with zero attached hydrogens (tertiary/aromatic N) is 5. The van der Waals surface area contributed by atoms with Crippen LogP contribution in [0.15, 0.2) is 42.7 Å². The summed E-state index contributed by atoms with van der Waals surface area (Å²) in [5, 5.41) is 15.4. The van der Waals surface area contributed by atoms with E-state index in [1.807, 2.05) is 30.3 Å². The molecule has 1 aromatic carbocycles. The van der Waals surface area contributed by atoms with Gasteiger partial charge in [0.1, 0.15) is 5.82 Å². The minimum Gasteiger partial charge on any atom is -0.345 e. The molecule has 1 amide bonds. The van der Waals surface area contributed by atoms with Crippen molar-refractivity contribution in [1.29, 1.82) is 0 Å². The van der Waals surface area contributed by atoms with Crippen molar-refractivity contribution in [3.05, 3.63) is 65.5 Å². The van der Waals surface area contributed by atoms with Crippen molar-refractivity contribution in [1.82, 2.24) is 29.9 Å². The maximum absolute atomic E-state index is 12.3. The fraction of sp³-hybridized carbons (Fsp3) is 0.294. The van der Waals surface area contributed by atoms with Crippen molar-refractivity contribution in [3.63, 3.8) is 0 Å². The third kappa shape index (κ3) is 2.92. The van der Waals surface area contributed by atoms with Crippen LogP contribution < -0.4 is 5.32 Å². The van der Waals surface area contributed by atoms with Crippen molar-refractivity contribution in [3.8, 4) is 0 Å². The molecule has 0 aliphatic carbocycles. The Labute approximate surface area is 139 Å². The van der Waals surface area contributed by atoms with Crippen LogP contribution in [0.2, 0.25) is 0 Å². The zero-order valence-corrected chi connectivity index (χ0v) is 13.2. The van der Waals surface area contributed by atoms with Gasteiger partial charge in [0, 0.05) is 19.2 Å². The number of benzene rings is 1. The van der Waals surface area contributed by atoms with Crippen LogP contribution in [-0.4, -0.2) is 30.5 Å². The first-order valence-electron chi connectivity index (χ1n) is 8.05. The van der Waals surface area contributed by atoms with Gasteiger partial charge in [-0.2, -0.15) is 5.10 Å². The molecule has 3 aromatic rings. The monoisotopic (exact) mass is 322 g/mol. The fourth-order valence-corrected chi connectivity index (χ4v) is 2.94. The molecule has 1 N–H and O–H groups in total. The minimum absolute atomic E-state index is 0.148. The van der Waals surface area contributed by atoms with Gasteiger partial charge < -0.3 is 9.88 Å². The average Bonchev–Trinajstić information content (AvgIpc) is 3.31. The molecule has 0 spiro atoms. The van der Waals surface area contributed by atoms with Crippen LogP contribution in [0.5, 0.6) is 0 Å². The topological polar surface area (TPSA) is 77.6 Å². The van der Waals surface area contributed by atoms with Gasteiger partial charge in [-0.3, -0.25) is 9.48 Å². The van der Waals surface area contributed by atoms with E-state index in [1.54, 1.807) is 17.1 Å². The lowest BCUT2D eigenvalue weighted by molar-refractivity contribution is 0.0949. The van der Waals surface area contributed by atoms with Crippen molar-refractivity contribution < 1.29 is 4.79 Å². The molecule has 0 saturated carbocycles. The van der Waals surface area contributed by atoms with Crippen molar-refractivity contribution >= 4 is 5.91 Å². The summed E-state index contributed by atoms with van der Waals surface area (Å²) in [6.45, 7) is 1.96. The summed E-state index contributed by atoms with van der Waals surface area (Å²) < 4.78 is 3.85. The molecular formula is C17H18N6O. The van der Waals surface area contributed by atoms with Crippen LogP contribution in [0, 0.1) is 0 Å². The van der Waals surface area contributed by atoms with E-state index in [9.17, 15) is 4.79 Å². The molecule has 0 saturated heterocycles. The highest BCUT2D eigenvalue weighted by Crippen LogP contribution is 2.13. The lowest BCUT2D eigenvalue weighted by atomic mass is 10.2. The molecule has 1 aliphatic heterocycles. The number of carbonyl (C=O) groups is 1. The van der Waals surface area contributed by atoms with Crippen molar-refractivity contribution in [2.24, 2.45) is 0 Å². The number of hydrogen-bond donors (Lipinski definition) is 1. The van der Waals surface area contributed by atoms with E-state index in [0.29, 0.717) is 18.7 Å². The van der Waals surface area contributed by atoms with Crippen molar-refractivity contribution in [2.45, 2.75) is 32.5 Å². The summed E-state index contributed by atoms with van der Waals surface area (Å²) in [4.78, 5) is 12.3. The Morgan fingerprint density at radius 2 is 2.08 bits per heavy atom. The Morgan fingerprint density at radius 3 is 2.96 bits per heavy atom. The molecule has 2 aromatic heterocycles. The Bertz CT molecular complexity index is 851. The van der Waals surface area contributed by atoms with Gasteiger partial charge in [0.25, 0.3) is 5.91 Å². The van der Waals surface area contributed by atoms with E-state index in [4.69, 9.17) is 0 Å². The van der Waals surface area contributed by atoms with Crippen LogP contribution in [0.3, 0.4) is 0 Å². The molecule has 0 radical (unpaired) electrons. The highest BCUT2D eigenvalue weighted by atomic mass is 16.1. The highest BCUT2D eigenvalue weighted by molar-refractivity contribution is 5.93. The standard InChI is InChI=1S/C17H18N6O/c24-17(18-10-16-21-20-15-7-4-8-23(15)16)14-9-19-22(12-14)11-13-5-2-1-3-6-13/h1-3,5-6,9,12H,4,7-8,10-11H2,(H,18,24). The summed E-state index contributed by atoms with van der Waals surface area (Å²) in [6, 6.07) is 10.0. The normalized spacial score (nSPS) is 13.0. The lowest BCUT2D eigenvalue weighted by Gasteiger charge is -2.04. The second kappa shape index (κ2) is 6.27. The second-order valence-corrected chi connectivity index (χ2v) is 5.88. The first-order valence-corrected chi connectivity index (χ1v) is 8.05. The summed E-state index contributed by atoms with van der Waals surface area (Å²) in [6.07, 6.45) is 5.41. The van der Waals surface area contributed by atoms with Gasteiger partial charge in [-0.05, 0) is 12.0 Å². The number of fused-ring (bicyclic) bond motifs is 1. The first-order chi connectivity index (χ1) is 11.8. The number of amides is 1. The molecule has 7 heteroatoms. The van der Waals surface area contributed by atoms with Gasteiger partial charge in [0.2, 0.25) is 0 Å². The summed E-state index contributed by atoms with van der Waals surface area (Å²) >= 11 is 0. The predicted octanol–water partition coefficient (Wildman–Crippen LogP) is 1.40. The largest absolute Gasteiger partial charge is 0.345 e. The smallest absolute Gasteiger partial charge is 0.254 e. The number of aryl methyl sites for hydroxylation is 1. The lowest BCUT2D eigenvalue weighted by Crippen LogP contribution is -2.24. The molecule has 0 fully saturated rings. The zero-order chi connectivity index (χ0) is 16.4. The molecule has 0 bridgehead atoms. The van der Waals surface area contributed by atoms with Crippen LogP contribution >= 0.6 is 0 Å². The number of carbonyl (C=O) groups excluding carboxylic acids is 1. The highest BCUT2D eigenvalue weighted by Gasteiger charge is 2.18. The van der Waals surface area contributed by atoms with E-state index in [-0.39, 0.29) is 5.91 Å². The predicted molar refractivity (Wildman–Crippen MR) is 87.3 cm³/mol. The number of nitrogens with one attached hydrogen (secondary N) is 1. The van der Waals surface area contributed by atoms with E-state index < -0.39 is 0 Å². The maximum Gasteiger partial charge on any atom is 0.254 e. The van der Waals surface area contributed by atoms with E-state index >= 15 is 0 Å². The molecule has 0 unspecified atom stereocenters. The fourth-order valence-electron chi connectivity index (χ4n) is 2.94. The molecule has 4 rings (SSSR count). The Kier molecular flexibility index (Phi) is 3.82. The molecule has 7 nitrogen and oxygen atoms in total. The number of aromatic nitrogens is 5. The molecule has 122 valence electrons. The zero-order valence-electron chi connectivity index (χ0n) is 13.2. The first kappa shape index (κ1) is 14.6. The van der Waals surface area contributed by atoms with Crippen molar-refractivity contribution in [2.75, 3.05) is 0 Å². The Hall–Kier alpha value is -2.96. The minimum atomic E-state index is -0.148. The van der Waals surface area contributed by atoms with Crippen LogP contribution in [0.25, 0.3) is 0 Å². The summed E-state index contributed by atoms with van der Waals surface area (Å²) in [5.41, 5.74) is 1.69. The van der Waals surface area contributed by atoms with Gasteiger partial charge >= 0.3 is 0 Å². The van der Waals surface area contributed by atoms with Gasteiger partial charge in [-0.25, -0.2) is 0 Å². The average molecular weight is 322 g/mol. The number of hydrogen-bond acceptors (Lipinski definition) is 4. The molecule has 24 heavy (non-hydrogen) atoms. The summed E-state index contributed by atoms with van der Waals surface area (Å²) in [7, 11) is 0. The molecule has 0 atom stereocenters. The second-order valence-electron chi connectivity index (χ2n) is 5.88. The molecule has 3 heterocycles. The van der Waals surface area contributed by atoms with Gasteiger partial charge in [-0.15, -0.1) is 10.2 Å². The van der Waals surface area contributed by atoms with E-state index in [2.05, 4.69) is 25.2 Å². The maximum atomic E-state index is 12.3. The third-order valence-electron chi connectivity index (χ3n) is 4.18. The van der Waals surface area contributed by atoms with E-state index in [1.165, 1.54) is 0 Å². The SMILES string of the molecule is O=C(NCc1nnc2n1CCC2)c1cnn(Cc2ccccc2)c1. The molecule has 1 aliphatic rings. The Balaban J connectivity index is 1.38. The van der Waals surface area contributed by atoms with Crippen LogP contribution in [0.4, 0.5) is 0 Å². The third-order valence-corrected chi connectivity index (χ3v) is 4.18.